The van der Waals surface area contributed by atoms with Crippen molar-refractivity contribution in [2.45, 2.75) is 12.8 Å². The normalized spacial score (nSPS) is 17.1. The van der Waals surface area contributed by atoms with Crippen LogP contribution in [-0.2, 0) is 23.8 Å². The highest BCUT2D eigenvalue weighted by Crippen LogP contribution is 2.27. The third-order valence-corrected chi connectivity index (χ3v) is 4.65. The average molecular weight is 374 g/mol. The SMILES string of the molecule is COC(=O)C1=C(C(=O)OC)N(c2ccc(C(=O)N3CCCC3)cc2)COC1. The van der Waals surface area contributed by atoms with Crippen molar-refractivity contribution in [1.82, 2.24) is 4.90 Å². The number of likely N-dealkylation sites (tertiary alicyclic amines) is 1. The van der Waals surface area contributed by atoms with Crippen LogP contribution in [0.25, 0.3) is 0 Å². The van der Waals surface area contributed by atoms with Crippen molar-refractivity contribution in [1.29, 1.82) is 0 Å². The lowest BCUT2D eigenvalue weighted by Crippen LogP contribution is -2.38. The average Bonchev–Trinajstić information content (AvgIpc) is 3.26. The number of methoxy groups -OCH3 is 2. The molecule has 0 radical (unpaired) electrons. The highest BCUT2D eigenvalue weighted by Gasteiger charge is 2.32. The number of hydrogen-bond acceptors (Lipinski definition) is 7. The van der Waals surface area contributed by atoms with Crippen molar-refractivity contribution in [3.05, 3.63) is 41.1 Å². The summed E-state index contributed by atoms with van der Waals surface area (Å²) < 4.78 is 15.0. The molecule has 8 nitrogen and oxygen atoms in total. The van der Waals surface area contributed by atoms with Crippen molar-refractivity contribution >= 4 is 23.5 Å². The van der Waals surface area contributed by atoms with E-state index in [9.17, 15) is 14.4 Å². The first-order valence-corrected chi connectivity index (χ1v) is 8.71. The summed E-state index contributed by atoms with van der Waals surface area (Å²) in [7, 11) is 2.48. The predicted molar refractivity (Wildman–Crippen MR) is 95.9 cm³/mol. The Bertz CT molecular complexity index is 765. The van der Waals surface area contributed by atoms with Gasteiger partial charge in [-0.05, 0) is 37.1 Å². The van der Waals surface area contributed by atoms with E-state index in [2.05, 4.69) is 0 Å². The Labute approximate surface area is 157 Å². The van der Waals surface area contributed by atoms with E-state index in [0.29, 0.717) is 11.3 Å². The summed E-state index contributed by atoms with van der Waals surface area (Å²) in [6, 6.07) is 6.85. The van der Waals surface area contributed by atoms with Gasteiger partial charge in [0.15, 0.2) is 0 Å². The number of anilines is 1. The Morgan fingerprint density at radius 1 is 0.963 bits per heavy atom. The molecule has 2 aliphatic rings. The second kappa shape index (κ2) is 8.22. The maximum atomic E-state index is 12.5. The van der Waals surface area contributed by atoms with E-state index in [0.717, 1.165) is 25.9 Å². The molecule has 8 heteroatoms. The minimum absolute atomic E-state index is 0.00655. The number of carbonyl (C=O) groups is 3. The Morgan fingerprint density at radius 3 is 2.19 bits per heavy atom. The predicted octanol–water partition coefficient (Wildman–Crippen LogP) is 1.32. The van der Waals surface area contributed by atoms with Crippen LogP contribution < -0.4 is 4.90 Å². The fraction of sp³-hybridized carbons (Fsp3) is 0.421. The fourth-order valence-corrected chi connectivity index (χ4v) is 3.23. The molecule has 0 spiro atoms. The van der Waals surface area contributed by atoms with E-state index in [1.54, 1.807) is 24.3 Å². The molecule has 2 aliphatic heterocycles. The molecule has 144 valence electrons. The molecule has 1 aromatic carbocycles. The molecule has 27 heavy (non-hydrogen) atoms. The summed E-state index contributed by atoms with van der Waals surface area (Å²) in [4.78, 5) is 40.1. The van der Waals surface area contributed by atoms with E-state index in [-0.39, 0.29) is 30.5 Å². The maximum Gasteiger partial charge on any atom is 0.355 e. The Balaban J connectivity index is 1.90. The molecule has 1 aromatic rings. The van der Waals surface area contributed by atoms with Crippen molar-refractivity contribution in [2.75, 3.05) is 45.5 Å². The largest absolute Gasteiger partial charge is 0.466 e. The van der Waals surface area contributed by atoms with Gasteiger partial charge in [0.2, 0.25) is 0 Å². The maximum absolute atomic E-state index is 12.5. The third-order valence-electron chi connectivity index (χ3n) is 4.65. The van der Waals surface area contributed by atoms with Crippen molar-refractivity contribution in [3.8, 4) is 0 Å². The number of nitrogens with zero attached hydrogens (tertiary/aromatic N) is 2. The number of rotatable bonds is 4. The van der Waals surface area contributed by atoms with Gasteiger partial charge in [0.25, 0.3) is 5.91 Å². The summed E-state index contributed by atoms with van der Waals surface area (Å²) in [5, 5.41) is 0. The molecule has 0 N–H and O–H groups in total. The van der Waals surface area contributed by atoms with E-state index in [1.165, 1.54) is 19.1 Å². The number of esters is 2. The number of amides is 1. The topological polar surface area (TPSA) is 85.4 Å². The zero-order valence-corrected chi connectivity index (χ0v) is 15.4. The molecule has 1 saturated heterocycles. The van der Waals surface area contributed by atoms with Crippen LogP contribution >= 0.6 is 0 Å². The van der Waals surface area contributed by atoms with Gasteiger partial charge in [-0.3, -0.25) is 4.79 Å². The zero-order chi connectivity index (χ0) is 19.4. The van der Waals surface area contributed by atoms with Crippen molar-refractivity contribution in [3.63, 3.8) is 0 Å². The molecule has 2 heterocycles. The van der Waals surface area contributed by atoms with Gasteiger partial charge in [-0.2, -0.15) is 0 Å². The summed E-state index contributed by atoms with van der Waals surface area (Å²) >= 11 is 0. The lowest BCUT2D eigenvalue weighted by molar-refractivity contribution is -0.140. The number of carbonyl (C=O) groups excluding carboxylic acids is 3. The Kier molecular flexibility index (Phi) is 5.75. The molecular weight excluding hydrogens is 352 g/mol. The van der Waals surface area contributed by atoms with Gasteiger partial charge >= 0.3 is 11.9 Å². The van der Waals surface area contributed by atoms with Crippen molar-refractivity contribution < 1.29 is 28.6 Å². The van der Waals surface area contributed by atoms with Gasteiger partial charge in [0.1, 0.15) is 12.4 Å². The summed E-state index contributed by atoms with van der Waals surface area (Å²) in [5.41, 5.74) is 1.35. The van der Waals surface area contributed by atoms with E-state index >= 15 is 0 Å². The Morgan fingerprint density at radius 2 is 1.59 bits per heavy atom. The second-order valence-electron chi connectivity index (χ2n) is 6.26. The molecule has 0 bridgehead atoms. The van der Waals surface area contributed by atoms with Crippen LogP contribution in [0.15, 0.2) is 35.5 Å². The lowest BCUT2D eigenvalue weighted by atomic mass is 10.1. The van der Waals surface area contributed by atoms with Crippen LogP contribution in [0.4, 0.5) is 5.69 Å². The molecule has 0 saturated carbocycles. The smallest absolute Gasteiger partial charge is 0.355 e. The van der Waals surface area contributed by atoms with Crippen LogP contribution in [0.2, 0.25) is 0 Å². The standard InChI is InChI=1S/C19H22N2O6/c1-25-18(23)15-11-27-12-21(16(15)19(24)26-2)14-7-5-13(6-8-14)17(22)20-9-3-4-10-20/h5-8H,3-4,9-12H2,1-2H3. The highest BCUT2D eigenvalue weighted by molar-refractivity contribution is 6.03. The molecule has 0 aliphatic carbocycles. The molecular formula is C19H22N2O6. The molecule has 0 aromatic heterocycles. The van der Waals surface area contributed by atoms with Gasteiger partial charge in [-0.25, -0.2) is 9.59 Å². The monoisotopic (exact) mass is 374 g/mol. The van der Waals surface area contributed by atoms with Gasteiger partial charge < -0.3 is 24.0 Å². The Hall–Kier alpha value is -2.87. The van der Waals surface area contributed by atoms with Crippen molar-refractivity contribution in [2.24, 2.45) is 0 Å². The number of benzene rings is 1. The lowest BCUT2D eigenvalue weighted by Gasteiger charge is -2.31. The van der Waals surface area contributed by atoms with Gasteiger partial charge in [0, 0.05) is 24.3 Å². The van der Waals surface area contributed by atoms with E-state index < -0.39 is 11.9 Å². The first-order chi connectivity index (χ1) is 13.1. The number of hydrogen-bond donors (Lipinski definition) is 0. The molecule has 0 unspecified atom stereocenters. The van der Waals surface area contributed by atoms with Gasteiger partial charge in [0.05, 0.1) is 26.4 Å². The third kappa shape index (κ3) is 3.80. The summed E-state index contributed by atoms with van der Waals surface area (Å²) in [5.74, 6) is -1.32. The van der Waals surface area contributed by atoms with Gasteiger partial charge in [-0.1, -0.05) is 0 Å². The quantitative estimate of drug-likeness (QED) is 0.735. The summed E-state index contributed by atoms with van der Waals surface area (Å²) in [6.45, 7) is 1.58. The molecule has 3 rings (SSSR count). The van der Waals surface area contributed by atoms with Crippen LogP contribution in [0.3, 0.4) is 0 Å². The molecule has 1 fully saturated rings. The van der Waals surface area contributed by atoms with Gasteiger partial charge in [-0.15, -0.1) is 0 Å². The minimum atomic E-state index is -0.657. The first kappa shape index (κ1) is 18.9. The second-order valence-corrected chi connectivity index (χ2v) is 6.26. The van der Waals surface area contributed by atoms with Crippen LogP contribution in [0.1, 0.15) is 23.2 Å². The fourth-order valence-electron chi connectivity index (χ4n) is 3.23. The number of ether oxygens (including phenoxy) is 3. The molecule has 0 atom stereocenters. The van der Waals surface area contributed by atoms with Crippen LogP contribution in [0.5, 0.6) is 0 Å². The highest BCUT2D eigenvalue weighted by atomic mass is 16.5. The summed E-state index contributed by atoms with van der Waals surface area (Å²) in [6.07, 6.45) is 2.05. The first-order valence-electron chi connectivity index (χ1n) is 8.71. The zero-order valence-electron chi connectivity index (χ0n) is 15.4. The van der Waals surface area contributed by atoms with Crippen LogP contribution in [0, 0.1) is 0 Å². The minimum Gasteiger partial charge on any atom is -0.466 e. The van der Waals surface area contributed by atoms with E-state index in [4.69, 9.17) is 14.2 Å². The molecule has 1 amide bonds. The van der Waals surface area contributed by atoms with E-state index in [1.807, 2.05) is 4.90 Å². The van der Waals surface area contributed by atoms with Crippen LogP contribution in [-0.4, -0.2) is 63.4 Å².